The lowest BCUT2D eigenvalue weighted by atomic mass is 10.4. The minimum atomic E-state index is -2.27. The molecule has 0 atom stereocenters. The molecule has 0 heterocycles. The quantitative estimate of drug-likeness (QED) is 0.695. The van der Waals surface area contributed by atoms with Crippen LogP contribution >= 0.6 is 18.5 Å². The second-order valence-electron chi connectivity index (χ2n) is 2.23. The lowest BCUT2D eigenvalue weighted by Gasteiger charge is -2.09. The van der Waals surface area contributed by atoms with Crippen molar-refractivity contribution >= 4 is 29.1 Å². The van der Waals surface area contributed by atoms with Crippen LogP contribution in [0.25, 0.3) is 0 Å². The van der Waals surface area contributed by atoms with Gasteiger partial charge in [0, 0.05) is 0 Å². The van der Waals surface area contributed by atoms with Gasteiger partial charge in [0.2, 0.25) is 0 Å². The maximum atomic E-state index is 7.91. The van der Waals surface area contributed by atoms with Gasteiger partial charge in [0.15, 0.2) is 0 Å². The van der Waals surface area contributed by atoms with Crippen molar-refractivity contribution in [2.45, 2.75) is 0 Å². The molecule has 0 unspecified atom stereocenters. The third kappa shape index (κ3) is 2.15. The Hall–Kier alpha value is -0.840. The summed E-state index contributed by atoms with van der Waals surface area (Å²) in [6.45, 7) is 0. The van der Waals surface area contributed by atoms with Gasteiger partial charge in [0.25, 0.3) is 0 Å². The van der Waals surface area contributed by atoms with Gasteiger partial charge in [0.05, 0.1) is 21.0 Å². The standard InChI is InChI=1S/C12H10ClP/c13-14(11-7-3-1-4-8-11)12-9-5-2-6-10-12/h1-10H/i1D,2D,3D,4D,5D,6D,7D,8D,9D,10D. The Morgan fingerprint density at radius 3 is 1.50 bits per heavy atom. The predicted molar refractivity (Wildman–Crippen MR) is 64.9 cm³/mol. The Kier molecular flexibility index (Phi) is 1.09. The summed E-state index contributed by atoms with van der Waals surface area (Å²) in [7, 11) is -2.27. The highest BCUT2D eigenvalue weighted by Crippen LogP contribution is 2.38. The molecule has 0 radical (unpaired) electrons. The van der Waals surface area contributed by atoms with E-state index in [9.17, 15) is 0 Å². The first-order valence-corrected chi connectivity index (χ1v) is 5.86. The van der Waals surface area contributed by atoms with Crippen molar-refractivity contribution in [1.82, 2.24) is 0 Å². The molecule has 2 rings (SSSR count). The van der Waals surface area contributed by atoms with Gasteiger partial charge in [-0.05, 0) is 10.6 Å². The minimum Gasteiger partial charge on any atom is -0.0859 e. The first-order chi connectivity index (χ1) is 11.0. The molecule has 70 valence electrons. The molecule has 2 heteroatoms. The van der Waals surface area contributed by atoms with Gasteiger partial charge < -0.3 is 0 Å². The second-order valence-corrected chi connectivity index (χ2v) is 4.70. The van der Waals surface area contributed by atoms with Crippen molar-refractivity contribution in [3.63, 3.8) is 0 Å². The van der Waals surface area contributed by atoms with Crippen molar-refractivity contribution in [3.8, 4) is 0 Å². The summed E-state index contributed by atoms with van der Waals surface area (Å²) in [6, 6.07) is -5.73. The molecular weight excluding hydrogens is 211 g/mol. The van der Waals surface area contributed by atoms with Gasteiger partial charge in [-0.2, -0.15) is 0 Å². The summed E-state index contributed by atoms with van der Waals surface area (Å²) in [5.41, 5.74) is 0. The monoisotopic (exact) mass is 230 g/mol. The zero-order chi connectivity index (χ0) is 18.5. The van der Waals surface area contributed by atoms with Crippen molar-refractivity contribution < 1.29 is 13.7 Å². The second kappa shape index (κ2) is 4.59. The highest BCUT2D eigenvalue weighted by atomic mass is 35.7. The molecule has 0 N–H and O–H groups in total. The van der Waals surface area contributed by atoms with E-state index in [-0.39, 0.29) is 10.6 Å². The van der Waals surface area contributed by atoms with Crippen LogP contribution in [0.3, 0.4) is 0 Å². The molecule has 0 saturated carbocycles. The van der Waals surface area contributed by atoms with Crippen LogP contribution in [0, 0.1) is 0 Å². The zero-order valence-corrected chi connectivity index (χ0v) is 8.48. The molecule has 2 aromatic carbocycles. The summed E-state index contributed by atoms with van der Waals surface area (Å²) < 4.78 is 77.4. The van der Waals surface area contributed by atoms with Crippen LogP contribution in [-0.2, 0) is 0 Å². The average molecular weight is 231 g/mol. The summed E-state index contributed by atoms with van der Waals surface area (Å²) in [5.74, 6) is 0. The molecule has 0 amide bonds. The first kappa shape index (κ1) is 3.33. The molecule has 0 saturated heterocycles. The Balaban J connectivity index is 2.84. The van der Waals surface area contributed by atoms with E-state index in [2.05, 4.69) is 0 Å². The SMILES string of the molecule is [2H]c1c([2H])c([2H])c(P(Cl)c2c([2H])c([2H])c([2H])c([2H])c2[2H])c([2H])c1[2H]. The largest absolute Gasteiger partial charge is 0.0859 e. The maximum Gasteiger partial charge on any atom is 0.0630 e. The van der Waals surface area contributed by atoms with Gasteiger partial charge in [-0.1, -0.05) is 71.7 Å². The van der Waals surface area contributed by atoms with Gasteiger partial charge in [-0.3, -0.25) is 0 Å². The van der Waals surface area contributed by atoms with Crippen molar-refractivity contribution in [2.75, 3.05) is 0 Å². The predicted octanol–water partition coefficient (Wildman–Crippen LogP) is 3.27. The third-order valence-electron chi connectivity index (χ3n) is 1.37. The van der Waals surface area contributed by atoms with Gasteiger partial charge >= 0.3 is 0 Å². The number of halogens is 1. The molecule has 0 aliphatic rings. The molecule has 0 bridgehead atoms. The van der Waals surface area contributed by atoms with Gasteiger partial charge in [-0.15, -0.1) is 0 Å². The lowest BCUT2D eigenvalue weighted by Crippen LogP contribution is -2.06. The summed E-state index contributed by atoms with van der Waals surface area (Å²) in [5, 5.41) is -0.535. The van der Waals surface area contributed by atoms with E-state index in [0.29, 0.717) is 0 Å². The van der Waals surface area contributed by atoms with Crippen molar-refractivity contribution in [1.29, 1.82) is 0 Å². The van der Waals surface area contributed by atoms with E-state index < -0.39 is 67.7 Å². The molecule has 0 aliphatic heterocycles. The molecular formula is C12H10ClP. The summed E-state index contributed by atoms with van der Waals surface area (Å²) >= 11 is 6.27. The van der Waals surface area contributed by atoms with Crippen molar-refractivity contribution in [2.24, 2.45) is 0 Å². The van der Waals surface area contributed by atoms with Gasteiger partial charge in [0.1, 0.15) is 0 Å². The lowest BCUT2D eigenvalue weighted by molar-refractivity contribution is 1.76. The molecule has 0 nitrogen and oxygen atoms in total. The summed E-state index contributed by atoms with van der Waals surface area (Å²) in [4.78, 5) is 0. The van der Waals surface area contributed by atoms with Crippen LogP contribution in [0.15, 0.2) is 60.4 Å². The highest BCUT2D eigenvalue weighted by Gasteiger charge is 2.08. The number of hydrogen-bond donors (Lipinski definition) is 0. The van der Waals surface area contributed by atoms with Crippen LogP contribution in [0.2, 0.25) is 0 Å². The van der Waals surface area contributed by atoms with E-state index in [1.165, 1.54) is 0 Å². The topological polar surface area (TPSA) is 0 Å². The highest BCUT2D eigenvalue weighted by molar-refractivity contribution is 7.95. The smallest absolute Gasteiger partial charge is 0.0630 e. The first-order valence-electron chi connectivity index (χ1n) is 8.62. The Morgan fingerprint density at radius 1 is 0.786 bits per heavy atom. The Morgan fingerprint density at radius 2 is 1.14 bits per heavy atom. The number of hydrogen-bond acceptors (Lipinski definition) is 0. The molecule has 0 fully saturated rings. The van der Waals surface area contributed by atoms with Crippen LogP contribution in [-0.4, -0.2) is 0 Å². The van der Waals surface area contributed by atoms with Gasteiger partial charge in [-0.25, -0.2) is 0 Å². The van der Waals surface area contributed by atoms with E-state index in [1.54, 1.807) is 0 Å². The van der Waals surface area contributed by atoms with Crippen LogP contribution in [0.5, 0.6) is 0 Å². The zero-order valence-electron chi connectivity index (χ0n) is 16.8. The van der Waals surface area contributed by atoms with Crippen molar-refractivity contribution in [3.05, 3.63) is 60.4 Å². The fourth-order valence-corrected chi connectivity index (χ4v) is 2.14. The molecule has 0 aliphatic carbocycles. The van der Waals surface area contributed by atoms with Crippen LogP contribution in [0.4, 0.5) is 0 Å². The molecule has 0 spiro atoms. The Labute approximate surface area is 104 Å². The fraction of sp³-hybridized carbons (Fsp3) is 0. The fourth-order valence-electron chi connectivity index (χ4n) is 0.795. The maximum absolute atomic E-state index is 7.91. The van der Waals surface area contributed by atoms with E-state index in [1.807, 2.05) is 0 Å². The van der Waals surface area contributed by atoms with E-state index in [4.69, 9.17) is 24.9 Å². The Bertz CT molecular complexity index is 725. The third-order valence-corrected chi connectivity index (χ3v) is 3.61. The van der Waals surface area contributed by atoms with E-state index >= 15 is 0 Å². The minimum absolute atomic E-state index is 0.267. The number of rotatable bonds is 2. The summed E-state index contributed by atoms with van der Waals surface area (Å²) in [6.07, 6.45) is 0. The van der Waals surface area contributed by atoms with E-state index in [0.717, 1.165) is 0 Å². The number of benzene rings is 2. The van der Waals surface area contributed by atoms with Crippen LogP contribution < -0.4 is 10.6 Å². The normalized spacial score (nSPS) is 20.4. The molecule has 0 aromatic heterocycles. The molecule has 2 aromatic rings. The van der Waals surface area contributed by atoms with Crippen LogP contribution in [0.1, 0.15) is 13.7 Å². The average Bonchev–Trinajstić information content (AvgIpc) is 2.55. The molecule has 14 heavy (non-hydrogen) atoms.